The average molecular weight is 176 g/mol. The molecule has 1 aromatic rings. The molecule has 2 heteroatoms. The monoisotopic (exact) mass is 176 g/mol. The third-order valence-electron chi connectivity index (χ3n) is 2.71. The minimum absolute atomic E-state index is 0.774. The first-order valence-electron chi connectivity index (χ1n) is 4.89. The predicted octanol–water partition coefficient (Wildman–Crippen LogP) is 1.69. The van der Waals surface area contributed by atoms with E-state index in [-0.39, 0.29) is 0 Å². The quantitative estimate of drug-likeness (QED) is 0.732. The van der Waals surface area contributed by atoms with Crippen molar-refractivity contribution < 1.29 is 0 Å². The zero-order chi connectivity index (χ0) is 9.10. The molecule has 0 aliphatic heterocycles. The number of para-hydroxylation sites is 1. The highest BCUT2D eigenvalue weighted by atomic mass is 14.9. The van der Waals surface area contributed by atoms with Gasteiger partial charge in [0.05, 0.1) is 0 Å². The molecule has 0 spiro atoms. The van der Waals surface area contributed by atoms with Crippen LogP contribution in [0.4, 0.5) is 5.69 Å². The Morgan fingerprint density at radius 2 is 2.00 bits per heavy atom. The summed E-state index contributed by atoms with van der Waals surface area (Å²) in [5.74, 6) is 1.58. The Morgan fingerprint density at radius 3 is 2.62 bits per heavy atom. The topological polar surface area (TPSA) is 38.0 Å². The first-order valence-corrected chi connectivity index (χ1v) is 4.89. The fourth-order valence-electron chi connectivity index (χ4n) is 1.65. The molecule has 2 rings (SSSR count). The van der Waals surface area contributed by atoms with Gasteiger partial charge in [0.2, 0.25) is 0 Å². The van der Waals surface area contributed by atoms with Crippen LogP contribution in [0.25, 0.3) is 0 Å². The van der Waals surface area contributed by atoms with Gasteiger partial charge >= 0.3 is 0 Å². The van der Waals surface area contributed by atoms with Gasteiger partial charge in [-0.25, -0.2) is 0 Å². The standard InChI is InChI=1S/C11H16N2/c12-7-9-6-10(9)8-13-11-4-2-1-3-5-11/h1-5,9-10,13H,6-8,12H2/t9-,10+/m0/s1. The van der Waals surface area contributed by atoms with E-state index < -0.39 is 0 Å². The third kappa shape index (κ3) is 2.22. The summed E-state index contributed by atoms with van der Waals surface area (Å²) in [7, 11) is 0. The molecule has 0 bridgehead atoms. The molecule has 13 heavy (non-hydrogen) atoms. The minimum atomic E-state index is 0.774. The molecule has 0 saturated heterocycles. The summed E-state index contributed by atoms with van der Waals surface area (Å²) < 4.78 is 0. The summed E-state index contributed by atoms with van der Waals surface area (Å²) in [6, 6.07) is 10.3. The lowest BCUT2D eigenvalue weighted by molar-refractivity contribution is 0.733. The van der Waals surface area contributed by atoms with Crippen molar-refractivity contribution in [3.05, 3.63) is 30.3 Å². The number of nitrogens with one attached hydrogen (secondary N) is 1. The molecule has 0 heterocycles. The number of benzene rings is 1. The van der Waals surface area contributed by atoms with Gasteiger partial charge in [-0.05, 0) is 36.9 Å². The van der Waals surface area contributed by atoms with Crippen LogP contribution >= 0.6 is 0 Å². The smallest absolute Gasteiger partial charge is 0.0340 e. The van der Waals surface area contributed by atoms with Crippen LogP contribution in [0.1, 0.15) is 6.42 Å². The summed E-state index contributed by atoms with van der Waals surface area (Å²) in [5.41, 5.74) is 6.78. The van der Waals surface area contributed by atoms with Gasteiger partial charge in [0.1, 0.15) is 0 Å². The molecule has 1 fully saturated rings. The zero-order valence-electron chi connectivity index (χ0n) is 7.74. The van der Waals surface area contributed by atoms with E-state index in [9.17, 15) is 0 Å². The van der Waals surface area contributed by atoms with Crippen LogP contribution < -0.4 is 11.1 Å². The highest BCUT2D eigenvalue weighted by Gasteiger charge is 2.34. The number of nitrogens with two attached hydrogens (primary N) is 1. The molecular formula is C11H16N2. The highest BCUT2D eigenvalue weighted by Crippen LogP contribution is 2.37. The molecule has 0 aromatic heterocycles. The Kier molecular flexibility index (Phi) is 2.50. The Balaban J connectivity index is 1.75. The number of hydrogen-bond donors (Lipinski definition) is 2. The maximum atomic E-state index is 5.57. The number of rotatable bonds is 4. The first kappa shape index (κ1) is 8.57. The molecule has 1 aliphatic carbocycles. The van der Waals surface area contributed by atoms with Crippen molar-refractivity contribution in [1.29, 1.82) is 0 Å². The van der Waals surface area contributed by atoms with E-state index in [4.69, 9.17) is 5.73 Å². The number of hydrogen-bond acceptors (Lipinski definition) is 2. The van der Waals surface area contributed by atoms with Gasteiger partial charge in [0.25, 0.3) is 0 Å². The van der Waals surface area contributed by atoms with E-state index in [1.807, 2.05) is 6.07 Å². The highest BCUT2D eigenvalue weighted by molar-refractivity contribution is 5.42. The van der Waals surface area contributed by atoms with Crippen LogP contribution in [-0.2, 0) is 0 Å². The van der Waals surface area contributed by atoms with Gasteiger partial charge < -0.3 is 11.1 Å². The summed E-state index contributed by atoms with van der Waals surface area (Å²) in [6.45, 7) is 1.92. The minimum Gasteiger partial charge on any atom is -0.385 e. The lowest BCUT2D eigenvalue weighted by Crippen LogP contribution is -2.08. The molecule has 1 saturated carbocycles. The van der Waals surface area contributed by atoms with Crippen molar-refractivity contribution in [2.45, 2.75) is 6.42 Å². The van der Waals surface area contributed by atoms with E-state index in [0.717, 1.165) is 24.9 Å². The summed E-state index contributed by atoms with van der Waals surface area (Å²) >= 11 is 0. The van der Waals surface area contributed by atoms with E-state index in [0.29, 0.717) is 0 Å². The van der Waals surface area contributed by atoms with E-state index in [1.54, 1.807) is 0 Å². The van der Waals surface area contributed by atoms with Crippen LogP contribution in [0, 0.1) is 11.8 Å². The molecule has 2 atom stereocenters. The normalized spacial score (nSPS) is 25.6. The summed E-state index contributed by atoms with van der Waals surface area (Å²) in [4.78, 5) is 0. The zero-order valence-corrected chi connectivity index (χ0v) is 7.74. The van der Waals surface area contributed by atoms with Gasteiger partial charge in [-0.2, -0.15) is 0 Å². The van der Waals surface area contributed by atoms with Gasteiger partial charge in [0, 0.05) is 12.2 Å². The average Bonchev–Trinajstić information content (AvgIpc) is 2.95. The summed E-state index contributed by atoms with van der Waals surface area (Å²) in [5, 5.41) is 3.42. The van der Waals surface area contributed by atoms with Crippen LogP contribution in [0.2, 0.25) is 0 Å². The second-order valence-corrected chi connectivity index (χ2v) is 3.74. The first-order chi connectivity index (χ1) is 6.40. The maximum Gasteiger partial charge on any atom is 0.0340 e. The largest absolute Gasteiger partial charge is 0.385 e. The van der Waals surface area contributed by atoms with Gasteiger partial charge in [0.15, 0.2) is 0 Å². The van der Waals surface area contributed by atoms with Crippen molar-refractivity contribution in [3.8, 4) is 0 Å². The van der Waals surface area contributed by atoms with Crippen LogP contribution in [0.3, 0.4) is 0 Å². The Morgan fingerprint density at radius 1 is 1.23 bits per heavy atom. The lowest BCUT2D eigenvalue weighted by Gasteiger charge is -2.04. The number of anilines is 1. The van der Waals surface area contributed by atoms with E-state index in [2.05, 4.69) is 29.6 Å². The van der Waals surface area contributed by atoms with E-state index in [1.165, 1.54) is 12.1 Å². The lowest BCUT2D eigenvalue weighted by atomic mass is 10.3. The van der Waals surface area contributed by atoms with Crippen molar-refractivity contribution in [2.75, 3.05) is 18.4 Å². The molecule has 2 nitrogen and oxygen atoms in total. The van der Waals surface area contributed by atoms with Crippen molar-refractivity contribution >= 4 is 5.69 Å². The van der Waals surface area contributed by atoms with Gasteiger partial charge in [-0.1, -0.05) is 18.2 Å². The molecule has 1 aliphatic rings. The summed E-state index contributed by atoms with van der Waals surface area (Å²) in [6.07, 6.45) is 1.30. The second kappa shape index (κ2) is 3.79. The Bertz CT molecular complexity index is 258. The Labute approximate surface area is 79.1 Å². The van der Waals surface area contributed by atoms with Crippen molar-refractivity contribution in [2.24, 2.45) is 17.6 Å². The fourth-order valence-corrected chi connectivity index (χ4v) is 1.65. The molecule has 0 unspecified atom stereocenters. The van der Waals surface area contributed by atoms with E-state index >= 15 is 0 Å². The van der Waals surface area contributed by atoms with Gasteiger partial charge in [-0.3, -0.25) is 0 Å². The molecule has 3 N–H and O–H groups in total. The maximum absolute atomic E-state index is 5.57. The van der Waals surface area contributed by atoms with Crippen LogP contribution in [-0.4, -0.2) is 13.1 Å². The van der Waals surface area contributed by atoms with Crippen LogP contribution in [0.15, 0.2) is 30.3 Å². The second-order valence-electron chi connectivity index (χ2n) is 3.74. The van der Waals surface area contributed by atoms with Crippen molar-refractivity contribution in [3.63, 3.8) is 0 Å². The third-order valence-corrected chi connectivity index (χ3v) is 2.71. The SMILES string of the molecule is NC[C@@H]1C[C@@H]1CNc1ccccc1. The molecule has 0 radical (unpaired) electrons. The van der Waals surface area contributed by atoms with Crippen molar-refractivity contribution in [1.82, 2.24) is 0 Å². The van der Waals surface area contributed by atoms with Gasteiger partial charge in [-0.15, -0.1) is 0 Å². The molecule has 1 aromatic carbocycles. The fraction of sp³-hybridized carbons (Fsp3) is 0.455. The molecule has 70 valence electrons. The molecule has 0 amide bonds. The predicted molar refractivity (Wildman–Crippen MR) is 55.6 cm³/mol. The Hall–Kier alpha value is -1.02. The van der Waals surface area contributed by atoms with Crippen LogP contribution in [0.5, 0.6) is 0 Å². The molecular weight excluding hydrogens is 160 g/mol.